The highest BCUT2D eigenvalue weighted by Gasteiger charge is 2.34. The van der Waals surface area contributed by atoms with Crippen molar-refractivity contribution < 1.29 is 9.59 Å². The van der Waals surface area contributed by atoms with Crippen LogP contribution < -0.4 is 5.32 Å². The average molecular weight is 322 g/mol. The van der Waals surface area contributed by atoms with Crippen molar-refractivity contribution in [1.29, 1.82) is 0 Å². The van der Waals surface area contributed by atoms with Crippen molar-refractivity contribution in [3.05, 3.63) is 65.2 Å². The van der Waals surface area contributed by atoms with Crippen LogP contribution in [0.15, 0.2) is 48.5 Å². The second kappa shape index (κ2) is 6.87. The third-order valence-electron chi connectivity index (χ3n) is 4.70. The van der Waals surface area contributed by atoms with E-state index in [4.69, 9.17) is 0 Å². The van der Waals surface area contributed by atoms with Gasteiger partial charge in [0, 0.05) is 17.8 Å². The van der Waals surface area contributed by atoms with Crippen molar-refractivity contribution in [2.75, 3.05) is 11.9 Å². The zero-order valence-electron chi connectivity index (χ0n) is 14.1. The fourth-order valence-corrected chi connectivity index (χ4v) is 3.13. The summed E-state index contributed by atoms with van der Waals surface area (Å²) < 4.78 is 0. The van der Waals surface area contributed by atoms with Gasteiger partial charge in [-0.2, -0.15) is 0 Å². The van der Waals surface area contributed by atoms with Gasteiger partial charge in [0.15, 0.2) is 0 Å². The molecule has 124 valence electrons. The topological polar surface area (TPSA) is 49.4 Å². The Balaban J connectivity index is 1.76. The van der Waals surface area contributed by atoms with Gasteiger partial charge in [0.2, 0.25) is 5.91 Å². The van der Waals surface area contributed by atoms with E-state index in [1.807, 2.05) is 50.2 Å². The summed E-state index contributed by atoms with van der Waals surface area (Å²) in [6.45, 7) is 4.64. The summed E-state index contributed by atoms with van der Waals surface area (Å²) in [7, 11) is 0. The Labute approximate surface area is 142 Å². The summed E-state index contributed by atoms with van der Waals surface area (Å²) in [6.07, 6.45) is 1.55. The predicted molar refractivity (Wildman–Crippen MR) is 95.0 cm³/mol. The molecule has 2 aromatic rings. The summed E-state index contributed by atoms with van der Waals surface area (Å²) in [5.74, 6) is -0.181. The number of nitrogens with zero attached hydrogens (tertiary/aromatic N) is 1. The quantitative estimate of drug-likeness (QED) is 0.939. The maximum atomic E-state index is 12.7. The largest absolute Gasteiger partial charge is 0.327 e. The molecule has 2 aromatic carbocycles. The molecule has 1 aliphatic heterocycles. The van der Waals surface area contributed by atoms with Crippen molar-refractivity contribution >= 4 is 17.5 Å². The molecular weight excluding hydrogens is 300 g/mol. The SMILES string of the molecule is Cc1cccc(NC(=O)C2CCCN2C(=O)c2ccccc2)c1C. The summed E-state index contributed by atoms with van der Waals surface area (Å²) >= 11 is 0. The van der Waals surface area contributed by atoms with Crippen molar-refractivity contribution in [3.63, 3.8) is 0 Å². The van der Waals surface area contributed by atoms with Crippen molar-refractivity contribution in [1.82, 2.24) is 4.90 Å². The standard InChI is InChI=1S/C20H22N2O2/c1-14-8-6-11-17(15(14)2)21-19(23)18-12-7-13-22(18)20(24)16-9-4-3-5-10-16/h3-6,8-11,18H,7,12-13H2,1-2H3,(H,21,23). The number of carbonyl (C=O) groups excluding carboxylic acids is 2. The number of amides is 2. The lowest BCUT2D eigenvalue weighted by molar-refractivity contribution is -0.119. The Morgan fingerprint density at radius 2 is 1.79 bits per heavy atom. The summed E-state index contributed by atoms with van der Waals surface area (Å²) in [6, 6.07) is 14.6. The third-order valence-corrected chi connectivity index (χ3v) is 4.70. The van der Waals surface area contributed by atoms with Gasteiger partial charge in [-0.3, -0.25) is 9.59 Å². The number of benzene rings is 2. The molecular formula is C20H22N2O2. The fraction of sp³-hybridized carbons (Fsp3) is 0.300. The van der Waals surface area contributed by atoms with Gasteiger partial charge in [-0.05, 0) is 56.0 Å². The first-order valence-corrected chi connectivity index (χ1v) is 8.31. The predicted octanol–water partition coefficient (Wildman–Crippen LogP) is 3.55. The molecule has 0 aliphatic carbocycles. The van der Waals surface area contributed by atoms with Crippen LogP contribution >= 0.6 is 0 Å². The molecule has 0 saturated carbocycles. The lowest BCUT2D eigenvalue weighted by atomic mass is 10.1. The Bertz CT molecular complexity index is 755. The Morgan fingerprint density at radius 1 is 1.04 bits per heavy atom. The summed E-state index contributed by atoms with van der Waals surface area (Å²) in [4.78, 5) is 27.1. The molecule has 0 bridgehead atoms. The molecule has 1 atom stereocenters. The van der Waals surface area contributed by atoms with E-state index in [1.165, 1.54) is 0 Å². The molecule has 4 heteroatoms. The van der Waals surface area contributed by atoms with Gasteiger partial charge in [0.05, 0.1) is 0 Å². The molecule has 1 unspecified atom stereocenters. The first-order chi connectivity index (χ1) is 11.6. The van der Waals surface area contributed by atoms with Gasteiger partial charge >= 0.3 is 0 Å². The molecule has 1 heterocycles. The van der Waals surface area contributed by atoms with Gasteiger partial charge < -0.3 is 10.2 Å². The maximum Gasteiger partial charge on any atom is 0.254 e. The highest BCUT2D eigenvalue weighted by Crippen LogP contribution is 2.23. The zero-order chi connectivity index (χ0) is 17.1. The number of carbonyl (C=O) groups is 2. The van der Waals surface area contributed by atoms with Crippen LogP contribution in [0.4, 0.5) is 5.69 Å². The van der Waals surface area contributed by atoms with Crippen LogP contribution in [0.3, 0.4) is 0 Å². The van der Waals surface area contributed by atoms with Crippen molar-refractivity contribution in [2.45, 2.75) is 32.7 Å². The lowest BCUT2D eigenvalue weighted by Crippen LogP contribution is -2.43. The summed E-state index contributed by atoms with van der Waals surface area (Å²) in [5.41, 5.74) is 3.64. The second-order valence-electron chi connectivity index (χ2n) is 6.26. The zero-order valence-corrected chi connectivity index (χ0v) is 14.1. The fourth-order valence-electron chi connectivity index (χ4n) is 3.13. The van der Waals surface area contributed by atoms with Crippen LogP contribution in [0.2, 0.25) is 0 Å². The van der Waals surface area contributed by atoms with Gasteiger partial charge in [0.25, 0.3) is 5.91 Å². The normalized spacial score (nSPS) is 16.9. The molecule has 4 nitrogen and oxygen atoms in total. The molecule has 1 N–H and O–H groups in total. The average Bonchev–Trinajstić information content (AvgIpc) is 3.09. The third kappa shape index (κ3) is 3.18. The van der Waals surface area contributed by atoms with Crippen molar-refractivity contribution in [2.24, 2.45) is 0 Å². The van der Waals surface area contributed by atoms with Crippen LogP contribution in [0.5, 0.6) is 0 Å². The number of hydrogen-bond acceptors (Lipinski definition) is 2. The van der Waals surface area contributed by atoms with Gasteiger partial charge in [0.1, 0.15) is 6.04 Å². The molecule has 24 heavy (non-hydrogen) atoms. The van der Waals surface area contributed by atoms with E-state index in [1.54, 1.807) is 17.0 Å². The van der Waals surface area contributed by atoms with E-state index >= 15 is 0 Å². The molecule has 3 rings (SSSR count). The molecule has 1 fully saturated rings. The lowest BCUT2D eigenvalue weighted by Gasteiger charge is -2.24. The van der Waals surface area contributed by atoms with Crippen LogP contribution in [0.1, 0.15) is 34.3 Å². The van der Waals surface area contributed by atoms with Crippen LogP contribution in [0, 0.1) is 13.8 Å². The number of aryl methyl sites for hydroxylation is 1. The molecule has 0 radical (unpaired) electrons. The monoisotopic (exact) mass is 322 g/mol. The minimum absolute atomic E-state index is 0.0748. The Hall–Kier alpha value is -2.62. The van der Waals surface area contributed by atoms with Crippen molar-refractivity contribution in [3.8, 4) is 0 Å². The molecule has 0 aromatic heterocycles. The number of rotatable bonds is 3. The maximum absolute atomic E-state index is 12.7. The molecule has 2 amide bonds. The van der Waals surface area contributed by atoms with E-state index in [0.717, 1.165) is 23.2 Å². The molecule has 0 spiro atoms. The van der Waals surface area contributed by atoms with Gasteiger partial charge in [-0.15, -0.1) is 0 Å². The molecule has 1 saturated heterocycles. The number of anilines is 1. The number of likely N-dealkylation sites (tertiary alicyclic amines) is 1. The molecule has 1 aliphatic rings. The first-order valence-electron chi connectivity index (χ1n) is 8.31. The number of hydrogen-bond donors (Lipinski definition) is 1. The number of nitrogens with one attached hydrogen (secondary N) is 1. The van der Waals surface area contributed by atoms with E-state index in [9.17, 15) is 9.59 Å². The van der Waals surface area contributed by atoms with Crippen LogP contribution in [-0.2, 0) is 4.79 Å². The highest BCUT2D eigenvalue weighted by molar-refractivity contribution is 6.01. The highest BCUT2D eigenvalue weighted by atomic mass is 16.2. The summed E-state index contributed by atoms with van der Waals surface area (Å²) in [5, 5.41) is 3.00. The Morgan fingerprint density at radius 3 is 2.54 bits per heavy atom. The Kier molecular flexibility index (Phi) is 4.65. The smallest absolute Gasteiger partial charge is 0.254 e. The van der Waals surface area contributed by atoms with E-state index in [2.05, 4.69) is 5.32 Å². The van der Waals surface area contributed by atoms with Gasteiger partial charge in [-0.25, -0.2) is 0 Å². The van der Waals surface area contributed by atoms with E-state index in [0.29, 0.717) is 18.5 Å². The van der Waals surface area contributed by atoms with E-state index in [-0.39, 0.29) is 11.8 Å². The first kappa shape index (κ1) is 16.2. The minimum Gasteiger partial charge on any atom is -0.327 e. The van der Waals surface area contributed by atoms with E-state index < -0.39 is 6.04 Å². The minimum atomic E-state index is -0.405. The second-order valence-corrected chi connectivity index (χ2v) is 6.26. The van der Waals surface area contributed by atoms with Crippen LogP contribution in [0.25, 0.3) is 0 Å². The van der Waals surface area contributed by atoms with Crippen LogP contribution in [-0.4, -0.2) is 29.3 Å². The van der Waals surface area contributed by atoms with Gasteiger partial charge in [-0.1, -0.05) is 30.3 Å².